The van der Waals surface area contributed by atoms with Crippen LogP contribution >= 0.6 is 0 Å². The van der Waals surface area contributed by atoms with Crippen LogP contribution in [0, 0.1) is 0 Å². The van der Waals surface area contributed by atoms with Crippen LogP contribution in [0.5, 0.6) is 0 Å². The SMILES string of the molecule is CCCOCC(N)c1ncon1. The van der Waals surface area contributed by atoms with Gasteiger partial charge < -0.3 is 15.0 Å². The summed E-state index contributed by atoms with van der Waals surface area (Å²) in [6.45, 7) is 3.19. The minimum atomic E-state index is -0.282. The Balaban J connectivity index is 2.25. The van der Waals surface area contributed by atoms with E-state index < -0.39 is 0 Å². The van der Waals surface area contributed by atoms with Crippen LogP contribution in [0.4, 0.5) is 0 Å². The molecule has 0 aliphatic rings. The molecule has 5 heteroatoms. The predicted molar refractivity (Wildman–Crippen MR) is 42.3 cm³/mol. The van der Waals surface area contributed by atoms with Gasteiger partial charge in [-0.15, -0.1) is 0 Å². The van der Waals surface area contributed by atoms with Crippen LogP contribution in [0.15, 0.2) is 10.9 Å². The monoisotopic (exact) mass is 171 g/mol. The molecular weight excluding hydrogens is 158 g/mol. The molecule has 12 heavy (non-hydrogen) atoms. The first-order valence-electron chi connectivity index (χ1n) is 3.94. The first-order valence-corrected chi connectivity index (χ1v) is 3.94. The average molecular weight is 171 g/mol. The molecule has 0 aliphatic carbocycles. The van der Waals surface area contributed by atoms with Crippen molar-refractivity contribution in [1.29, 1.82) is 0 Å². The van der Waals surface area contributed by atoms with Crippen molar-refractivity contribution in [2.45, 2.75) is 19.4 Å². The molecule has 1 aromatic heterocycles. The Morgan fingerprint density at radius 1 is 1.75 bits per heavy atom. The Labute approximate surface area is 70.9 Å². The second kappa shape index (κ2) is 4.84. The van der Waals surface area contributed by atoms with Gasteiger partial charge in [0.25, 0.3) is 0 Å². The molecule has 1 heterocycles. The van der Waals surface area contributed by atoms with E-state index in [-0.39, 0.29) is 6.04 Å². The fourth-order valence-electron chi connectivity index (χ4n) is 0.771. The van der Waals surface area contributed by atoms with Crippen molar-refractivity contribution in [2.75, 3.05) is 13.2 Å². The molecule has 0 saturated carbocycles. The summed E-state index contributed by atoms with van der Waals surface area (Å²) < 4.78 is 9.77. The van der Waals surface area contributed by atoms with Crippen molar-refractivity contribution in [2.24, 2.45) is 5.73 Å². The zero-order valence-electron chi connectivity index (χ0n) is 7.06. The molecule has 1 aromatic rings. The number of rotatable bonds is 5. The number of nitrogens with two attached hydrogens (primary N) is 1. The molecule has 1 atom stereocenters. The van der Waals surface area contributed by atoms with Gasteiger partial charge in [-0.1, -0.05) is 12.1 Å². The summed E-state index contributed by atoms with van der Waals surface area (Å²) >= 11 is 0. The maximum atomic E-state index is 5.67. The predicted octanol–water partition coefficient (Wildman–Crippen LogP) is 0.496. The van der Waals surface area contributed by atoms with Crippen molar-refractivity contribution < 1.29 is 9.26 Å². The molecule has 1 unspecified atom stereocenters. The van der Waals surface area contributed by atoms with E-state index in [1.54, 1.807) is 0 Å². The Bertz CT molecular complexity index is 200. The molecule has 2 N–H and O–H groups in total. The lowest BCUT2D eigenvalue weighted by atomic mass is 10.3. The third-order valence-electron chi connectivity index (χ3n) is 1.36. The third kappa shape index (κ3) is 2.60. The van der Waals surface area contributed by atoms with Gasteiger partial charge in [-0.2, -0.15) is 4.98 Å². The van der Waals surface area contributed by atoms with Crippen LogP contribution in [0.3, 0.4) is 0 Å². The Hall–Kier alpha value is -0.940. The number of hydrogen-bond donors (Lipinski definition) is 1. The fraction of sp³-hybridized carbons (Fsp3) is 0.714. The lowest BCUT2D eigenvalue weighted by molar-refractivity contribution is 0.119. The number of aromatic nitrogens is 2. The standard InChI is InChI=1S/C7H13N3O2/c1-2-3-11-4-6(8)7-9-5-12-10-7/h5-6H,2-4,8H2,1H3. The molecule has 1 rings (SSSR count). The van der Waals surface area contributed by atoms with Crippen LogP contribution in [0.25, 0.3) is 0 Å². The molecule has 0 radical (unpaired) electrons. The van der Waals surface area contributed by atoms with E-state index >= 15 is 0 Å². The van der Waals surface area contributed by atoms with E-state index in [0.29, 0.717) is 19.0 Å². The highest BCUT2D eigenvalue weighted by Gasteiger charge is 2.09. The summed E-state index contributed by atoms with van der Waals surface area (Å²) in [7, 11) is 0. The van der Waals surface area contributed by atoms with E-state index in [4.69, 9.17) is 10.5 Å². The van der Waals surface area contributed by atoms with Gasteiger partial charge in [0.2, 0.25) is 6.39 Å². The second-order valence-corrected chi connectivity index (χ2v) is 2.47. The highest BCUT2D eigenvalue weighted by molar-refractivity contribution is 4.87. The van der Waals surface area contributed by atoms with E-state index in [9.17, 15) is 0 Å². The maximum Gasteiger partial charge on any atom is 0.213 e. The quantitative estimate of drug-likeness (QED) is 0.653. The fourth-order valence-corrected chi connectivity index (χ4v) is 0.771. The van der Waals surface area contributed by atoms with Crippen LogP contribution in [-0.4, -0.2) is 23.4 Å². The molecule has 5 nitrogen and oxygen atoms in total. The lowest BCUT2D eigenvalue weighted by Crippen LogP contribution is -2.18. The summed E-state index contributed by atoms with van der Waals surface area (Å²) in [5.74, 6) is 0.492. The van der Waals surface area contributed by atoms with Gasteiger partial charge in [0.1, 0.15) is 0 Å². The number of ether oxygens (including phenoxy) is 1. The largest absolute Gasteiger partial charge is 0.379 e. The Morgan fingerprint density at radius 3 is 3.17 bits per heavy atom. The summed E-state index contributed by atoms with van der Waals surface area (Å²) in [5, 5.41) is 3.60. The van der Waals surface area contributed by atoms with Crippen LogP contribution in [-0.2, 0) is 4.74 Å². The Kier molecular flexibility index (Phi) is 3.69. The van der Waals surface area contributed by atoms with Crippen molar-refractivity contribution in [3.05, 3.63) is 12.2 Å². The number of nitrogens with zero attached hydrogens (tertiary/aromatic N) is 2. The van der Waals surface area contributed by atoms with Crippen LogP contribution < -0.4 is 5.73 Å². The molecule has 0 saturated heterocycles. The van der Waals surface area contributed by atoms with E-state index in [2.05, 4.69) is 14.7 Å². The van der Waals surface area contributed by atoms with Gasteiger partial charge in [0, 0.05) is 6.61 Å². The summed E-state index contributed by atoms with van der Waals surface area (Å²) in [6.07, 6.45) is 2.24. The number of hydrogen-bond acceptors (Lipinski definition) is 5. The van der Waals surface area contributed by atoms with Gasteiger partial charge in [0.15, 0.2) is 5.82 Å². The van der Waals surface area contributed by atoms with Crippen molar-refractivity contribution in [3.8, 4) is 0 Å². The Morgan fingerprint density at radius 2 is 2.58 bits per heavy atom. The van der Waals surface area contributed by atoms with Gasteiger partial charge in [-0.3, -0.25) is 0 Å². The van der Waals surface area contributed by atoms with Crippen molar-refractivity contribution in [1.82, 2.24) is 10.1 Å². The molecule has 0 aromatic carbocycles. The highest BCUT2D eigenvalue weighted by Crippen LogP contribution is 2.02. The normalized spacial score (nSPS) is 13.2. The molecule has 0 bridgehead atoms. The molecule has 0 fully saturated rings. The molecule has 0 amide bonds. The van der Waals surface area contributed by atoms with Gasteiger partial charge in [-0.05, 0) is 6.42 Å². The van der Waals surface area contributed by atoms with Crippen molar-refractivity contribution in [3.63, 3.8) is 0 Å². The van der Waals surface area contributed by atoms with Gasteiger partial charge in [0.05, 0.1) is 12.6 Å². The minimum absolute atomic E-state index is 0.282. The van der Waals surface area contributed by atoms with E-state index in [1.165, 1.54) is 6.39 Å². The highest BCUT2D eigenvalue weighted by atomic mass is 16.5. The first-order chi connectivity index (χ1) is 5.84. The first kappa shape index (κ1) is 9.15. The van der Waals surface area contributed by atoms with Gasteiger partial charge >= 0.3 is 0 Å². The maximum absolute atomic E-state index is 5.67. The van der Waals surface area contributed by atoms with Gasteiger partial charge in [-0.25, -0.2) is 0 Å². The summed E-state index contributed by atoms with van der Waals surface area (Å²) in [4.78, 5) is 3.81. The zero-order chi connectivity index (χ0) is 8.81. The molecule has 0 spiro atoms. The minimum Gasteiger partial charge on any atom is -0.379 e. The van der Waals surface area contributed by atoms with E-state index in [0.717, 1.165) is 6.42 Å². The van der Waals surface area contributed by atoms with Crippen molar-refractivity contribution >= 4 is 0 Å². The molecule has 68 valence electrons. The molecular formula is C7H13N3O2. The summed E-state index contributed by atoms with van der Waals surface area (Å²) in [6, 6.07) is -0.282. The lowest BCUT2D eigenvalue weighted by Gasteiger charge is -2.06. The van der Waals surface area contributed by atoms with Crippen LogP contribution in [0.1, 0.15) is 25.2 Å². The molecule has 0 aliphatic heterocycles. The third-order valence-corrected chi connectivity index (χ3v) is 1.36. The average Bonchev–Trinajstić information content (AvgIpc) is 2.56. The van der Waals surface area contributed by atoms with Crippen LogP contribution in [0.2, 0.25) is 0 Å². The second-order valence-electron chi connectivity index (χ2n) is 2.47. The smallest absolute Gasteiger partial charge is 0.213 e. The zero-order valence-corrected chi connectivity index (χ0v) is 7.06. The van der Waals surface area contributed by atoms with E-state index in [1.807, 2.05) is 6.92 Å². The topological polar surface area (TPSA) is 74.2 Å². The summed E-state index contributed by atoms with van der Waals surface area (Å²) in [5.41, 5.74) is 5.67.